The Morgan fingerprint density at radius 1 is 1.35 bits per heavy atom. The fourth-order valence-corrected chi connectivity index (χ4v) is 2.97. The molecule has 0 aromatic heterocycles. The maximum Gasteiger partial charge on any atom is 0.123 e. The van der Waals surface area contributed by atoms with Gasteiger partial charge in [0.15, 0.2) is 0 Å². The van der Waals surface area contributed by atoms with Crippen LogP contribution in [-0.2, 0) is 6.54 Å². The molecule has 1 aromatic rings. The Kier molecular flexibility index (Phi) is 6.34. The summed E-state index contributed by atoms with van der Waals surface area (Å²) in [5.74, 6) is 1.85. The number of likely N-dealkylation sites (tertiary alicyclic amines) is 1. The monoisotopic (exact) mass is 276 g/mol. The van der Waals surface area contributed by atoms with E-state index in [2.05, 4.69) is 11.8 Å². The van der Waals surface area contributed by atoms with E-state index >= 15 is 0 Å². The lowest BCUT2D eigenvalue weighted by atomic mass is 9.96. The van der Waals surface area contributed by atoms with E-state index in [0.29, 0.717) is 6.54 Å². The van der Waals surface area contributed by atoms with Crippen LogP contribution in [0.15, 0.2) is 24.3 Å². The van der Waals surface area contributed by atoms with Crippen molar-refractivity contribution in [2.75, 3.05) is 26.2 Å². The van der Waals surface area contributed by atoms with E-state index in [1.807, 2.05) is 24.3 Å². The largest absolute Gasteiger partial charge is 0.493 e. The molecule has 0 amide bonds. The third-order valence-electron chi connectivity index (χ3n) is 4.25. The number of hydrogen-bond acceptors (Lipinski definition) is 3. The second kappa shape index (κ2) is 8.28. The van der Waals surface area contributed by atoms with Crippen molar-refractivity contribution in [2.45, 2.75) is 39.2 Å². The van der Waals surface area contributed by atoms with Gasteiger partial charge in [0.05, 0.1) is 6.61 Å². The average molecular weight is 276 g/mol. The lowest BCUT2D eigenvalue weighted by Gasteiger charge is -2.32. The molecule has 1 atom stereocenters. The Morgan fingerprint density at radius 3 is 3.00 bits per heavy atom. The number of rotatable bonds is 7. The highest BCUT2D eigenvalue weighted by molar-refractivity contribution is 5.32. The molecule has 2 rings (SSSR count). The SMILES string of the molecule is CCC1CCCN(CCCOc2ccccc2CN)C1. The molecule has 0 saturated carbocycles. The summed E-state index contributed by atoms with van der Waals surface area (Å²) >= 11 is 0. The molecule has 3 heteroatoms. The van der Waals surface area contributed by atoms with Crippen molar-refractivity contribution in [3.8, 4) is 5.75 Å². The van der Waals surface area contributed by atoms with Crippen molar-refractivity contribution < 1.29 is 4.74 Å². The van der Waals surface area contributed by atoms with Crippen LogP contribution in [0.5, 0.6) is 5.75 Å². The van der Waals surface area contributed by atoms with Crippen LogP contribution in [-0.4, -0.2) is 31.1 Å². The zero-order chi connectivity index (χ0) is 14.2. The van der Waals surface area contributed by atoms with Crippen LogP contribution in [0.1, 0.15) is 38.2 Å². The maximum absolute atomic E-state index is 5.87. The molecule has 20 heavy (non-hydrogen) atoms. The minimum Gasteiger partial charge on any atom is -0.493 e. The van der Waals surface area contributed by atoms with Crippen molar-refractivity contribution in [3.63, 3.8) is 0 Å². The van der Waals surface area contributed by atoms with Crippen molar-refractivity contribution >= 4 is 0 Å². The Hall–Kier alpha value is -1.06. The second-order valence-corrected chi connectivity index (χ2v) is 5.73. The molecule has 1 fully saturated rings. The number of ether oxygens (including phenoxy) is 1. The smallest absolute Gasteiger partial charge is 0.123 e. The number of nitrogens with two attached hydrogens (primary N) is 1. The van der Waals surface area contributed by atoms with Gasteiger partial charge in [-0.2, -0.15) is 0 Å². The molecule has 1 aliphatic rings. The summed E-state index contributed by atoms with van der Waals surface area (Å²) in [6.07, 6.45) is 5.18. The Balaban J connectivity index is 1.68. The van der Waals surface area contributed by atoms with Crippen LogP contribution in [0.2, 0.25) is 0 Å². The van der Waals surface area contributed by atoms with Crippen LogP contribution < -0.4 is 10.5 Å². The molecule has 0 aliphatic carbocycles. The molecule has 1 aliphatic heterocycles. The number of para-hydroxylation sites is 1. The third-order valence-corrected chi connectivity index (χ3v) is 4.25. The Morgan fingerprint density at radius 2 is 2.20 bits per heavy atom. The first-order valence-electron chi connectivity index (χ1n) is 7.96. The van der Waals surface area contributed by atoms with E-state index in [1.54, 1.807) is 0 Å². The molecule has 0 radical (unpaired) electrons. The van der Waals surface area contributed by atoms with E-state index in [9.17, 15) is 0 Å². The highest BCUT2D eigenvalue weighted by Gasteiger charge is 2.17. The number of hydrogen-bond donors (Lipinski definition) is 1. The minimum atomic E-state index is 0.542. The predicted molar refractivity (Wildman–Crippen MR) is 83.9 cm³/mol. The van der Waals surface area contributed by atoms with E-state index in [1.165, 1.54) is 32.4 Å². The third kappa shape index (κ3) is 4.50. The zero-order valence-corrected chi connectivity index (χ0v) is 12.7. The first kappa shape index (κ1) is 15.3. The fraction of sp³-hybridized carbons (Fsp3) is 0.647. The molecule has 1 saturated heterocycles. The summed E-state index contributed by atoms with van der Waals surface area (Å²) in [4.78, 5) is 2.59. The summed E-state index contributed by atoms with van der Waals surface area (Å²) in [5.41, 5.74) is 6.81. The van der Waals surface area contributed by atoms with Gasteiger partial charge in [-0.1, -0.05) is 31.5 Å². The van der Waals surface area contributed by atoms with Crippen LogP contribution in [0.4, 0.5) is 0 Å². The van der Waals surface area contributed by atoms with E-state index in [0.717, 1.165) is 36.8 Å². The van der Waals surface area contributed by atoms with Crippen LogP contribution in [0.25, 0.3) is 0 Å². The van der Waals surface area contributed by atoms with Crippen molar-refractivity contribution in [1.29, 1.82) is 0 Å². The highest BCUT2D eigenvalue weighted by Crippen LogP contribution is 2.20. The van der Waals surface area contributed by atoms with Crippen LogP contribution in [0.3, 0.4) is 0 Å². The standard InChI is InChI=1S/C17H28N2O/c1-2-15-7-5-10-19(14-15)11-6-12-20-17-9-4-3-8-16(17)13-18/h3-4,8-9,15H,2,5-7,10-14,18H2,1H3. The highest BCUT2D eigenvalue weighted by atomic mass is 16.5. The number of benzene rings is 1. The van der Waals surface area contributed by atoms with Crippen molar-refractivity contribution in [3.05, 3.63) is 29.8 Å². The number of nitrogens with zero attached hydrogens (tertiary/aromatic N) is 1. The minimum absolute atomic E-state index is 0.542. The summed E-state index contributed by atoms with van der Waals surface area (Å²) in [7, 11) is 0. The van der Waals surface area contributed by atoms with Gasteiger partial charge in [-0.05, 0) is 37.8 Å². The van der Waals surface area contributed by atoms with Gasteiger partial charge in [-0.3, -0.25) is 0 Å². The molecule has 3 nitrogen and oxygen atoms in total. The second-order valence-electron chi connectivity index (χ2n) is 5.73. The van der Waals surface area contributed by atoms with Crippen molar-refractivity contribution in [2.24, 2.45) is 11.7 Å². The Labute approximate surface area is 123 Å². The predicted octanol–water partition coefficient (Wildman–Crippen LogP) is 3.04. The number of piperidine rings is 1. The lowest BCUT2D eigenvalue weighted by molar-refractivity contribution is 0.159. The topological polar surface area (TPSA) is 38.5 Å². The van der Waals surface area contributed by atoms with Crippen LogP contribution in [0, 0.1) is 5.92 Å². The first-order chi connectivity index (χ1) is 9.83. The van der Waals surface area contributed by atoms with Gasteiger partial charge < -0.3 is 15.4 Å². The van der Waals surface area contributed by atoms with Gasteiger partial charge in [0, 0.05) is 25.2 Å². The molecule has 1 aromatic carbocycles. The molecule has 112 valence electrons. The van der Waals surface area contributed by atoms with Gasteiger partial charge in [0.1, 0.15) is 5.75 Å². The fourth-order valence-electron chi connectivity index (χ4n) is 2.97. The van der Waals surface area contributed by atoms with E-state index < -0.39 is 0 Å². The molecular formula is C17H28N2O. The van der Waals surface area contributed by atoms with E-state index in [4.69, 9.17) is 10.5 Å². The quantitative estimate of drug-likeness (QED) is 0.778. The molecule has 2 N–H and O–H groups in total. The summed E-state index contributed by atoms with van der Waals surface area (Å²) < 4.78 is 5.87. The van der Waals surface area contributed by atoms with Gasteiger partial charge in [0.25, 0.3) is 0 Å². The van der Waals surface area contributed by atoms with Crippen molar-refractivity contribution in [1.82, 2.24) is 4.90 Å². The lowest BCUT2D eigenvalue weighted by Crippen LogP contribution is -2.36. The van der Waals surface area contributed by atoms with Gasteiger partial charge >= 0.3 is 0 Å². The van der Waals surface area contributed by atoms with Gasteiger partial charge in [0.2, 0.25) is 0 Å². The maximum atomic E-state index is 5.87. The summed E-state index contributed by atoms with van der Waals surface area (Å²) in [6.45, 7) is 7.32. The zero-order valence-electron chi connectivity index (χ0n) is 12.7. The summed E-state index contributed by atoms with van der Waals surface area (Å²) in [5, 5.41) is 0. The Bertz CT molecular complexity index is 394. The molecule has 1 unspecified atom stereocenters. The molecule has 1 heterocycles. The van der Waals surface area contributed by atoms with Gasteiger partial charge in [-0.25, -0.2) is 0 Å². The average Bonchev–Trinajstić information content (AvgIpc) is 2.52. The summed E-state index contributed by atoms with van der Waals surface area (Å²) in [6, 6.07) is 8.06. The van der Waals surface area contributed by atoms with Gasteiger partial charge in [-0.15, -0.1) is 0 Å². The normalized spacial score (nSPS) is 20.0. The molecule has 0 bridgehead atoms. The molecular weight excluding hydrogens is 248 g/mol. The first-order valence-corrected chi connectivity index (χ1v) is 7.96. The van der Waals surface area contributed by atoms with Crippen LogP contribution >= 0.6 is 0 Å². The van der Waals surface area contributed by atoms with E-state index in [-0.39, 0.29) is 0 Å². The molecule has 0 spiro atoms.